The topological polar surface area (TPSA) is 35.8 Å². The van der Waals surface area contributed by atoms with Crippen LogP contribution in [-0.2, 0) is 0 Å². The predicted octanol–water partition coefficient (Wildman–Crippen LogP) is 4.33. The van der Waals surface area contributed by atoms with Crippen LogP contribution in [0.1, 0.15) is 11.1 Å². The Kier molecular flexibility index (Phi) is 3.91. The van der Waals surface area contributed by atoms with Crippen LogP contribution >= 0.6 is 11.8 Å². The van der Waals surface area contributed by atoms with Gasteiger partial charge >= 0.3 is 0 Å². The van der Waals surface area contributed by atoms with Crippen LogP contribution in [0.4, 0.5) is 11.4 Å². The largest absolute Gasteiger partial charge is 0.354 e. The second-order valence-corrected chi connectivity index (χ2v) is 4.84. The van der Waals surface area contributed by atoms with Gasteiger partial charge in [-0.3, -0.25) is 0 Å². The maximum Gasteiger partial charge on any atom is 0.103 e. The molecule has 18 heavy (non-hydrogen) atoms. The van der Waals surface area contributed by atoms with Crippen molar-refractivity contribution >= 4 is 23.1 Å². The first-order valence-corrected chi connectivity index (χ1v) is 6.88. The minimum absolute atomic E-state index is 0.700. The fourth-order valence-corrected chi connectivity index (χ4v) is 2.37. The molecule has 0 heterocycles. The predicted molar refractivity (Wildman–Crippen MR) is 77.4 cm³/mol. The van der Waals surface area contributed by atoms with Gasteiger partial charge in [0.25, 0.3) is 0 Å². The first-order valence-electron chi connectivity index (χ1n) is 5.65. The van der Waals surface area contributed by atoms with Crippen molar-refractivity contribution < 1.29 is 0 Å². The number of thioether (sulfide) groups is 1. The smallest absolute Gasteiger partial charge is 0.103 e. The average molecular weight is 254 g/mol. The SMILES string of the molecule is CSc1cccc(Nc2cccc(C)c2)c1C#N. The highest BCUT2D eigenvalue weighted by Crippen LogP contribution is 2.28. The number of benzene rings is 2. The molecule has 0 aliphatic carbocycles. The fourth-order valence-electron chi connectivity index (χ4n) is 1.80. The molecule has 0 aliphatic heterocycles. The molecular weight excluding hydrogens is 240 g/mol. The zero-order valence-electron chi connectivity index (χ0n) is 10.4. The Hall–Kier alpha value is -1.92. The lowest BCUT2D eigenvalue weighted by Gasteiger charge is -2.11. The van der Waals surface area contributed by atoms with Crippen LogP contribution in [0.15, 0.2) is 47.4 Å². The molecule has 0 saturated carbocycles. The molecule has 1 N–H and O–H groups in total. The Balaban J connectivity index is 2.38. The highest BCUT2D eigenvalue weighted by molar-refractivity contribution is 7.98. The first kappa shape index (κ1) is 12.5. The van der Waals surface area contributed by atoms with Gasteiger partial charge < -0.3 is 5.32 Å². The summed E-state index contributed by atoms with van der Waals surface area (Å²) in [4.78, 5) is 0.996. The normalized spacial score (nSPS) is 9.83. The molecule has 0 radical (unpaired) electrons. The zero-order chi connectivity index (χ0) is 13.0. The minimum atomic E-state index is 0.700. The molecule has 0 aromatic heterocycles. The maximum atomic E-state index is 9.26. The van der Waals surface area contributed by atoms with Crippen LogP contribution in [-0.4, -0.2) is 6.26 Å². The zero-order valence-corrected chi connectivity index (χ0v) is 11.2. The van der Waals surface area contributed by atoms with Crippen molar-refractivity contribution in [3.8, 4) is 6.07 Å². The van der Waals surface area contributed by atoms with Gasteiger partial charge in [0.1, 0.15) is 6.07 Å². The lowest BCUT2D eigenvalue weighted by molar-refractivity contribution is 1.35. The van der Waals surface area contributed by atoms with Crippen LogP contribution in [0.5, 0.6) is 0 Å². The van der Waals surface area contributed by atoms with Gasteiger partial charge in [0.15, 0.2) is 0 Å². The molecule has 0 aliphatic rings. The Labute approximate surface area is 112 Å². The van der Waals surface area contributed by atoms with E-state index < -0.39 is 0 Å². The van der Waals surface area contributed by atoms with Gasteiger partial charge in [-0.15, -0.1) is 11.8 Å². The van der Waals surface area contributed by atoms with Gasteiger partial charge in [-0.25, -0.2) is 0 Å². The maximum absolute atomic E-state index is 9.26. The van der Waals surface area contributed by atoms with E-state index in [1.165, 1.54) is 5.56 Å². The van der Waals surface area contributed by atoms with Gasteiger partial charge in [0.05, 0.1) is 11.3 Å². The molecule has 0 bridgehead atoms. The molecule has 0 fully saturated rings. The Morgan fingerprint density at radius 2 is 1.94 bits per heavy atom. The molecule has 2 aromatic carbocycles. The van der Waals surface area contributed by atoms with Crippen molar-refractivity contribution in [1.82, 2.24) is 0 Å². The first-order chi connectivity index (χ1) is 8.74. The van der Waals surface area contributed by atoms with Crippen LogP contribution in [0.25, 0.3) is 0 Å². The third-order valence-electron chi connectivity index (χ3n) is 2.66. The molecular formula is C15H14N2S. The summed E-state index contributed by atoms with van der Waals surface area (Å²) in [6, 6.07) is 16.2. The molecule has 2 rings (SSSR count). The summed E-state index contributed by atoms with van der Waals surface area (Å²) in [6.45, 7) is 2.05. The fraction of sp³-hybridized carbons (Fsp3) is 0.133. The number of hydrogen-bond donors (Lipinski definition) is 1. The summed E-state index contributed by atoms with van der Waals surface area (Å²) < 4.78 is 0. The molecule has 0 saturated heterocycles. The van der Waals surface area contributed by atoms with E-state index in [1.54, 1.807) is 11.8 Å². The number of nitrogens with one attached hydrogen (secondary N) is 1. The Morgan fingerprint density at radius 3 is 2.61 bits per heavy atom. The van der Waals surface area contributed by atoms with Gasteiger partial charge in [-0.2, -0.15) is 5.26 Å². The number of aryl methyl sites for hydroxylation is 1. The Bertz CT molecular complexity index is 600. The second kappa shape index (κ2) is 5.61. The van der Waals surface area contributed by atoms with Crippen LogP contribution in [0, 0.1) is 18.3 Å². The van der Waals surface area contributed by atoms with Crippen molar-refractivity contribution in [2.24, 2.45) is 0 Å². The van der Waals surface area contributed by atoms with Crippen molar-refractivity contribution in [1.29, 1.82) is 5.26 Å². The average Bonchev–Trinajstić information content (AvgIpc) is 2.38. The van der Waals surface area contributed by atoms with Crippen molar-refractivity contribution in [3.63, 3.8) is 0 Å². The third-order valence-corrected chi connectivity index (χ3v) is 3.44. The summed E-state index contributed by atoms with van der Waals surface area (Å²) in [5, 5.41) is 12.6. The van der Waals surface area contributed by atoms with E-state index in [2.05, 4.69) is 30.4 Å². The molecule has 0 unspecified atom stereocenters. The number of rotatable bonds is 3. The van der Waals surface area contributed by atoms with Gasteiger partial charge in [0, 0.05) is 10.6 Å². The summed E-state index contributed by atoms with van der Waals surface area (Å²) in [7, 11) is 0. The van der Waals surface area contributed by atoms with E-state index in [1.807, 2.05) is 36.6 Å². The van der Waals surface area contributed by atoms with Crippen LogP contribution in [0.2, 0.25) is 0 Å². The second-order valence-electron chi connectivity index (χ2n) is 3.99. The number of anilines is 2. The van der Waals surface area contributed by atoms with Crippen LogP contribution in [0.3, 0.4) is 0 Å². The van der Waals surface area contributed by atoms with E-state index in [0.717, 1.165) is 16.3 Å². The molecule has 0 spiro atoms. The summed E-state index contributed by atoms with van der Waals surface area (Å²) >= 11 is 1.59. The summed E-state index contributed by atoms with van der Waals surface area (Å²) in [5.41, 5.74) is 3.76. The Morgan fingerprint density at radius 1 is 1.17 bits per heavy atom. The van der Waals surface area contributed by atoms with E-state index >= 15 is 0 Å². The lowest BCUT2D eigenvalue weighted by atomic mass is 10.1. The van der Waals surface area contributed by atoms with E-state index in [4.69, 9.17) is 0 Å². The summed E-state index contributed by atoms with van der Waals surface area (Å²) in [6.07, 6.45) is 1.98. The number of hydrogen-bond acceptors (Lipinski definition) is 3. The van der Waals surface area contributed by atoms with Gasteiger partial charge in [0.2, 0.25) is 0 Å². The third kappa shape index (κ3) is 2.66. The minimum Gasteiger partial charge on any atom is -0.354 e. The van der Waals surface area contributed by atoms with Gasteiger partial charge in [-0.05, 0) is 43.0 Å². The molecule has 0 atom stereocenters. The van der Waals surface area contributed by atoms with Crippen molar-refractivity contribution in [2.45, 2.75) is 11.8 Å². The monoisotopic (exact) mass is 254 g/mol. The lowest BCUT2D eigenvalue weighted by Crippen LogP contribution is -1.95. The highest BCUT2D eigenvalue weighted by Gasteiger charge is 2.07. The van der Waals surface area contributed by atoms with Gasteiger partial charge in [-0.1, -0.05) is 18.2 Å². The molecule has 2 aromatic rings. The quantitative estimate of drug-likeness (QED) is 0.828. The number of nitriles is 1. The standard InChI is InChI=1S/C15H14N2S/c1-11-5-3-6-12(9-11)17-14-7-4-8-15(18-2)13(14)10-16/h3-9,17H,1-2H3. The molecule has 0 amide bonds. The van der Waals surface area contributed by atoms with Crippen LogP contribution < -0.4 is 5.32 Å². The molecule has 3 heteroatoms. The number of nitrogens with zero attached hydrogens (tertiary/aromatic N) is 1. The highest BCUT2D eigenvalue weighted by atomic mass is 32.2. The van der Waals surface area contributed by atoms with E-state index in [9.17, 15) is 5.26 Å². The summed E-state index contributed by atoms with van der Waals surface area (Å²) in [5.74, 6) is 0. The molecule has 90 valence electrons. The van der Waals surface area contributed by atoms with E-state index in [0.29, 0.717) is 5.56 Å². The van der Waals surface area contributed by atoms with E-state index in [-0.39, 0.29) is 0 Å². The van der Waals surface area contributed by atoms with Crippen molar-refractivity contribution in [2.75, 3.05) is 11.6 Å². The van der Waals surface area contributed by atoms with Crippen molar-refractivity contribution in [3.05, 3.63) is 53.6 Å². The molecule has 2 nitrogen and oxygen atoms in total.